The van der Waals surface area contributed by atoms with Gasteiger partial charge in [-0.2, -0.15) is 0 Å². The van der Waals surface area contributed by atoms with Gasteiger partial charge in [-0.05, 0) is 36.2 Å². The summed E-state index contributed by atoms with van der Waals surface area (Å²) < 4.78 is -0.924. The molecule has 114 valence electrons. The number of anilines is 1. The summed E-state index contributed by atoms with van der Waals surface area (Å²) in [6.45, 7) is 2.23. The van der Waals surface area contributed by atoms with E-state index in [1.807, 2.05) is 42.1 Å². The van der Waals surface area contributed by atoms with Crippen molar-refractivity contribution in [2.75, 3.05) is 4.90 Å². The second-order valence-electron chi connectivity index (χ2n) is 5.84. The molecule has 1 saturated heterocycles. The fourth-order valence-electron chi connectivity index (χ4n) is 3.48. The Morgan fingerprint density at radius 3 is 2.50 bits per heavy atom. The van der Waals surface area contributed by atoms with Crippen molar-refractivity contribution in [3.05, 3.63) is 59.1 Å². The van der Waals surface area contributed by atoms with Crippen molar-refractivity contribution in [2.45, 2.75) is 33.5 Å². The molecule has 22 heavy (non-hydrogen) atoms. The summed E-state index contributed by atoms with van der Waals surface area (Å²) >= 11 is 21.4. The zero-order valence-corrected chi connectivity index (χ0v) is 15.0. The second kappa shape index (κ2) is 4.98. The fraction of sp³-hybridized carbons (Fsp3) is 0.294. The Labute approximate surface area is 149 Å². The summed E-state index contributed by atoms with van der Waals surface area (Å²) in [5, 5.41) is 1.14. The van der Waals surface area contributed by atoms with E-state index < -0.39 is 4.46 Å². The summed E-state index contributed by atoms with van der Waals surface area (Å²) in [6.07, 6.45) is 0.890. The van der Waals surface area contributed by atoms with Gasteiger partial charge in [-0.15, -0.1) is 11.8 Å². The summed E-state index contributed by atoms with van der Waals surface area (Å²) in [5.41, 5.74) is 1.84. The largest absolute Gasteiger partial charge is 0.322 e. The van der Waals surface area contributed by atoms with Gasteiger partial charge in [0.05, 0.1) is 5.69 Å². The maximum absolute atomic E-state index is 6.76. The highest BCUT2D eigenvalue weighted by atomic mass is 35.5. The Bertz CT molecular complexity index is 731. The number of halogens is 3. The molecule has 0 spiro atoms. The first-order chi connectivity index (χ1) is 10.5. The Morgan fingerprint density at radius 2 is 1.77 bits per heavy atom. The first-order valence-electron chi connectivity index (χ1n) is 7.17. The van der Waals surface area contributed by atoms with E-state index in [-0.39, 0.29) is 5.54 Å². The molecule has 2 aliphatic heterocycles. The average molecular weight is 371 g/mol. The standard InChI is InChI=1S/C17H14Cl3NS/c1-11-10-16(12-6-8-13(18)9-7-12)17(19,20)21(16)14-4-2-3-5-15(14)22-11/h2-9,11H,10H2,1H3. The quantitative estimate of drug-likeness (QED) is 0.340. The van der Waals surface area contributed by atoms with Gasteiger partial charge in [0.2, 0.25) is 4.46 Å². The van der Waals surface area contributed by atoms with Crippen LogP contribution in [0.15, 0.2) is 53.4 Å². The molecule has 2 aromatic rings. The molecule has 4 rings (SSSR count). The fourth-order valence-corrected chi connectivity index (χ4v) is 5.73. The number of thioether (sulfide) groups is 1. The van der Waals surface area contributed by atoms with Gasteiger partial charge in [0, 0.05) is 15.2 Å². The third-order valence-corrected chi connectivity index (χ3v) is 6.83. The number of benzene rings is 2. The van der Waals surface area contributed by atoms with Crippen LogP contribution in [0.5, 0.6) is 0 Å². The lowest BCUT2D eigenvalue weighted by molar-refractivity contribution is 0.610. The molecule has 0 radical (unpaired) electrons. The Balaban J connectivity index is 1.90. The van der Waals surface area contributed by atoms with E-state index in [0.717, 1.165) is 22.7 Å². The molecule has 2 atom stereocenters. The van der Waals surface area contributed by atoms with Crippen molar-refractivity contribution >= 4 is 52.3 Å². The van der Waals surface area contributed by atoms with E-state index in [1.54, 1.807) is 0 Å². The Hall–Kier alpha value is -0.540. The monoisotopic (exact) mass is 369 g/mol. The van der Waals surface area contributed by atoms with Crippen LogP contribution in [0, 0.1) is 0 Å². The minimum Gasteiger partial charge on any atom is -0.322 e. The van der Waals surface area contributed by atoms with Crippen LogP contribution >= 0.6 is 46.6 Å². The maximum Gasteiger partial charge on any atom is 0.219 e. The predicted octanol–water partition coefficient (Wildman–Crippen LogP) is 6.07. The average Bonchev–Trinajstić information content (AvgIpc) is 3.01. The molecular weight excluding hydrogens is 357 g/mol. The number of nitrogens with zero attached hydrogens (tertiary/aromatic N) is 1. The molecule has 2 aliphatic rings. The Kier molecular flexibility index (Phi) is 3.40. The molecule has 0 amide bonds. The summed E-state index contributed by atoms with van der Waals surface area (Å²) in [6, 6.07) is 16.2. The molecule has 0 aromatic heterocycles. The highest BCUT2D eigenvalue weighted by Crippen LogP contribution is 2.71. The second-order valence-corrected chi connectivity index (χ2v) is 9.05. The smallest absolute Gasteiger partial charge is 0.219 e. The highest BCUT2D eigenvalue weighted by molar-refractivity contribution is 8.00. The van der Waals surface area contributed by atoms with Crippen molar-refractivity contribution in [1.82, 2.24) is 0 Å². The lowest BCUT2D eigenvalue weighted by atomic mass is 9.93. The van der Waals surface area contributed by atoms with E-state index >= 15 is 0 Å². The van der Waals surface area contributed by atoms with Gasteiger partial charge in [-0.3, -0.25) is 0 Å². The van der Waals surface area contributed by atoms with Gasteiger partial charge in [-0.1, -0.05) is 66.0 Å². The predicted molar refractivity (Wildman–Crippen MR) is 96.4 cm³/mol. The van der Waals surface area contributed by atoms with Gasteiger partial charge < -0.3 is 4.90 Å². The third-order valence-electron chi connectivity index (χ3n) is 4.45. The molecule has 0 saturated carbocycles. The first-order valence-corrected chi connectivity index (χ1v) is 9.18. The molecule has 0 bridgehead atoms. The van der Waals surface area contributed by atoms with Gasteiger partial charge >= 0.3 is 0 Å². The highest BCUT2D eigenvalue weighted by Gasteiger charge is 2.76. The van der Waals surface area contributed by atoms with Crippen LogP contribution in [-0.2, 0) is 5.54 Å². The number of hydrogen-bond donors (Lipinski definition) is 0. The number of alkyl halides is 2. The minimum atomic E-state index is -0.924. The van der Waals surface area contributed by atoms with E-state index in [4.69, 9.17) is 34.8 Å². The molecule has 0 N–H and O–H groups in total. The van der Waals surface area contributed by atoms with Crippen LogP contribution in [0.2, 0.25) is 5.02 Å². The van der Waals surface area contributed by atoms with E-state index in [0.29, 0.717) is 5.25 Å². The van der Waals surface area contributed by atoms with Crippen molar-refractivity contribution in [2.24, 2.45) is 0 Å². The molecule has 1 nitrogen and oxygen atoms in total. The molecule has 2 aromatic carbocycles. The van der Waals surface area contributed by atoms with E-state index in [2.05, 4.69) is 30.0 Å². The van der Waals surface area contributed by atoms with E-state index in [1.165, 1.54) is 4.90 Å². The number of rotatable bonds is 1. The molecule has 2 unspecified atom stereocenters. The molecule has 5 heteroatoms. The molecule has 0 aliphatic carbocycles. The topological polar surface area (TPSA) is 3.01 Å². The third kappa shape index (κ3) is 1.94. The Morgan fingerprint density at radius 1 is 1.09 bits per heavy atom. The number of para-hydroxylation sites is 1. The summed E-state index contributed by atoms with van der Waals surface area (Å²) in [7, 11) is 0. The number of fused-ring (bicyclic) bond motifs is 3. The first kappa shape index (κ1) is 15.0. The zero-order chi connectivity index (χ0) is 15.5. The molecular formula is C17H14Cl3NS. The van der Waals surface area contributed by atoms with E-state index in [9.17, 15) is 0 Å². The van der Waals surface area contributed by atoms with Gasteiger partial charge in [0.25, 0.3) is 0 Å². The van der Waals surface area contributed by atoms with Crippen molar-refractivity contribution in [3.8, 4) is 0 Å². The summed E-state index contributed by atoms with van der Waals surface area (Å²) in [4.78, 5) is 3.37. The maximum atomic E-state index is 6.76. The lowest BCUT2D eigenvalue weighted by Gasteiger charge is -2.19. The van der Waals surface area contributed by atoms with Crippen LogP contribution in [0.3, 0.4) is 0 Å². The molecule has 2 heterocycles. The van der Waals surface area contributed by atoms with Crippen LogP contribution in [0.25, 0.3) is 0 Å². The zero-order valence-electron chi connectivity index (χ0n) is 11.9. The summed E-state index contributed by atoms with van der Waals surface area (Å²) in [5.74, 6) is 0. The van der Waals surface area contributed by atoms with Gasteiger partial charge in [-0.25, -0.2) is 0 Å². The van der Waals surface area contributed by atoms with Gasteiger partial charge in [0.1, 0.15) is 5.54 Å². The van der Waals surface area contributed by atoms with Crippen LogP contribution in [-0.4, -0.2) is 9.71 Å². The normalized spacial score (nSPS) is 28.5. The van der Waals surface area contributed by atoms with Crippen molar-refractivity contribution in [1.29, 1.82) is 0 Å². The van der Waals surface area contributed by atoms with Crippen molar-refractivity contribution < 1.29 is 0 Å². The van der Waals surface area contributed by atoms with Crippen molar-refractivity contribution in [3.63, 3.8) is 0 Å². The van der Waals surface area contributed by atoms with Crippen LogP contribution < -0.4 is 4.90 Å². The van der Waals surface area contributed by atoms with Gasteiger partial charge in [0.15, 0.2) is 0 Å². The van der Waals surface area contributed by atoms with Crippen LogP contribution in [0.4, 0.5) is 5.69 Å². The SMILES string of the molecule is CC1CC2(c3ccc(Cl)cc3)N(c3ccccc3S1)C2(Cl)Cl. The molecule has 1 fully saturated rings. The lowest BCUT2D eigenvalue weighted by Crippen LogP contribution is -2.21. The minimum absolute atomic E-state index is 0.389. The number of hydrogen-bond acceptors (Lipinski definition) is 2. The van der Waals surface area contributed by atoms with Crippen LogP contribution in [0.1, 0.15) is 18.9 Å².